The summed E-state index contributed by atoms with van der Waals surface area (Å²) < 4.78 is 22.2. The molecule has 0 radical (unpaired) electrons. The van der Waals surface area contributed by atoms with E-state index in [0.29, 0.717) is 53.5 Å². The summed E-state index contributed by atoms with van der Waals surface area (Å²) in [4.78, 5) is 19.9. The predicted octanol–water partition coefficient (Wildman–Crippen LogP) is 5.40. The van der Waals surface area contributed by atoms with Crippen molar-refractivity contribution in [2.75, 3.05) is 32.6 Å². The van der Waals surface area contributed by atoms with E-state index in [2.05, 4.69) is 20.4 Å². The Morgan fingerprint density at radius 1 is 1.00 bits per heavy atom. The minimum atomic E-state index is -0.165. The van der Waals surface area contributed by atoms with Gasteiger partial charge in [-0.3, -0.25) is 9.69 Å². The maximum Gasteiger partial charge on any atom is 0.241 e. The summed E-state index contributed by atoms with van der Waals surface area (Å²) in [6.45, 7) is 1.92. The van der Waals surface area contributed by atoms with Gasteiger partial charge in [0, 0.05) is 12.1 Å². The average Bonchev–Trinajstić information content (AvgIpc) is 3.42. The molecule has 0 aliphatic carbocycles. The van der Waals surface area contributed by atoms with Crippen LogP contribution in [0.5, 0.6) is 23.0 Å². The Bertz CT molecular complexity index is 1370. The van der Waals surface area contributed by atoms with Gasteiger partial charge in [0.25, 0.3) is 0 Å². The van der Waals surface area contributed by atoms with Gasteiger partial charge in [-0.25, -0.2) is 0 Å². The number of anilines is 1. The van der Waals surface area contributed by atoms with E-state index in [0.717, 1.165) is 24.9 Å². The van der Waals surface area contributed by atoms with Gasteiger partial charge in [-0.05, 0) is 61.9 Å². The number of para-hydroxylation sites is 3. The molecule has 9 heteroatoms. The number of hydrogen-bond acceptors (Lipinski definition) is 8. The number of likely N-dealkylation sites (tertiary alicyclic amines) is 1. The number of piperidine rings is 1. The first kappa shape index (κ1) is 25.3. The van der Waals surface area contributed by atoms with Crippen molar-refractivity contribution >= 4 is 11.6 Å². The number of amides is 1. The zero-order chi connectivity index (χ0) is 26.3. The lowest BCUT2D eigenvalue weighted by molar-refractivity contribution is -0.121. The standard InChI is InChI=1S/C29H30N4O5/c1-35-25-15-14-20(17-26(25)36-2)28-31-27(38-32-28)19-33-16-8-9-21(18-33)29(34)30-23-12-6-7-13-24(23)37-22-10-4-3-5-11-22/h3-7,10-15,17,21H,8-9,16,18-19H2,1-2H3,(H,30,34). The molecule has 1 aromatic heterocycles. The van der Waals surface area contributed by atoms with Crippen molar-refractivity contribution in [2.24, 2.45) is 5.92 Å². The Morgan fingerprint density at radius 3 is 2.61 bits per heavy atom. The summed E-state index contributed by atoms with van der Waals surface area (Å²) in [6, 6.07) is 22.5. The van der Waals surface area contributed by atoms with Crippen molar-refractivity contribution in [1.82, 2.24) is 15.0 Å². The highest BCUT2D eigenvalue weighted by molar-refractivity contribution is 5.94. The van der Waals surface area contributed by atoms with Crippen LogP contribution in [0.1, 0.15) is 18.7 Å². The van der Waals surface area contributed by atoms with Crippen LogP contribution in [0.3, 0.4) is 0 Å². The fourth-order valence-corrected chi connectivity index (χ4v) is 4.53. The zero-order valence-corrected chi connectivity index (χ0v) is 21.4. The number of methoxy groups -OCH3 is 2. The number of hydrogen-bond donors (Lipinski definition) is 1. The van der Waals surface area contributed by atoms with Crippen LogP contribution < -0.4 is 19.5 Å². The molecule has 0 bridgehead atoms. The lowest BCUT2D eigenvalue weighted by Gasteiger charge is -2.31. The molecule has 1 saturated heterocycles. The predicted molar refractivity (Wildman–Crippen MR) is 142 cm³/mol. The molecule has 1 unspecified atom stereocenters. The monoisotopic (exact) mass is 514 g/mol. The molecule has 1 N–H and O–H groups in total. The fourth-order valence-electron chi connectivity index (χ4n) is 4.53. The normalized spacial score (nSPS) is 15.6. The Labute approximate surface area is 221 Å². The summed E-state index contributed by atoms with van der Waals surface area (Å²) in [6.07, 6.45) is 1.71. The highest BCUT2D eigenvalue weighted by atomic mass is 16.5. The molecule has 1 aliphatic rings. The van der Waals surface area contributed by atoms with Gasteiger partial charge in [-0.1, -0.05) is 35.5 Å². The van der Waals surface area contributed by atoms with E-state index >= 15 is 0 Å². The second kappa shape index (κ2) is 11.8. The number of ether oxygens (including phenoxy) is 3. The molecule has 0 spiro atoms. The second-order valence-corrected chi connectivity index (χ2v) is 9.06. The summed E-state index contributed by atoms with van der Waals surface area (Å²) in [5.74, 6) is 3.32. The largest absolute Gasteiger partial charge is 0.493 e. The molecule has 5 rings (SSSR count). The van der Waals surface area contributed by atoms with Gasteiger partial charge in [0.05, 0.1) is 32.4 Å². The van der Waals surface area contributed by atoms with Gasteiger partial charge in [0.1, 0.15) is 5.75 Å². The van der Waals surface area contributed by atoms with Crippen molar-refractivity contribution in [3.63, 3.8) is 0 Å². The molecule has 4 aromatic rings. The third-order valence-corrected chi connectivity index (χ3v) is 6.46. The molecule has 0 saturated carbocycles. The topological polar surface area (TPSA) is 99.0 Å². The zero-order valence-electron chi connectivity index (χ0n) is 21.4. The van der Waals surface area contributed by atoms with Crippen LogP contribution in [-0.2, 0) is 11.3 Å². The number of nitrogens with one attached hydrogen (secondary N) is 1. The number of aromatic nitrogens is 2. The second-order valence-electron chi connectivity index (χ2n) is 9.06. The lowest BCUT2D eigenvalue weighted by atomic mass is 9.97. The first-order valence-corrected chi connectivity index (χ1v) is 12.5. The number of carbonyl (C=O) groups is 1. The van der Waals surface area contributed by atoms with Crippen LogP contribution in [-0.4, -0.2) is 48.3 Å². The Morgan fingerprint density at radius 2 is 1.79 bits per heavy atom. The Kier molecular flexibility index (Phi) is 7.84. The molecule has 9 nitrogen and oxygen atoms in total. The van der Waals surface area contributed by atoms with Crippen molar-refractivity contribution < 1.29 is 23.5 Å². The Balaban J connectivity index is 1.21. The third-order valence-electron chi connectivity index (χ3n) is 6.46. The molecule has 38 heavy (non-hydrogen) atoms. The smallest absolute Gasteiger partial charge is 0.241 e. The Hall–Kier alpha value is -4.37. The minimum absolute atomic E-state index is 0.0321. The van der Waals surface area contributed by atoms with Gasteiger partial charge >= 0.3 is 0 Å². The first-order chi connectivity index (χ1) is 18.6. The van der Waals surface area contributed by atoms with Gasteiger partial charge in [0.15, 0.2) is 17.2 Å². The van der Waals surface area contributed by atoms with E-state index < -0.39 is 0 Å². The molecular formula is C29H30N4O5. The van der Waals surface area contributed by atoms with E-state index in [1.807, 2.05) is 66.7 Å². The van der Waals surface area contributed by atoms with E-state index in [1.165, 1.54) is 0 Å². The summed E-state index contributed by atoms with van der Waals surface area (Å²) in [5.41, 5.74) is 1.42. The van der Waals surface area contributed by atoms with Gasteiger partial charge < -0.3 is 24.1 Å². The van der Waals surface area contributed by atoms with E-state index in [4.69, 9.17) is 18.7 Å². The summed E-state index contributed by atoms with van der Waals surface area (Å²) >= 11 is 0. The molecule has 3 aromatic carbocycles. The van der Waals surface area contributed by atoms with Gasteiger partial charge in [0.2, 0.25) is 17.6 Å². The van der Waals surface area contributed by atoms with E-state index in [-0.39, 0.29) is 11.8 Å². The summed E-state index contributed by atoms with van der Waals surface area (Å²) in [7, 11) is 3.18. The van der Waals surface area contributed by atoms with Crippen LogP contribution >= 0.6 is 0 Å². The highest BCUT2D eigenvalue weighted by Gasteiger charge is 2.27. The van der Waals surface area contributed by atoms with Crippen molar-refractivity contribution in [3.8, 4) is 34.4 Å². The summed E-state index contributed by atoms with van der Waals surface area (Å²) in [5, 5.41) is 7.20. The van der Waals surface area contributed by atoms with Gasteiger partial charge in [-0.2, -0.15) is 4.98 Å². The molecule has 1 fully saturated rings. The number of benzene rings is 3. The lowest BCUT2D eigenvalue weighted by Crippen LogP contribution is -2.40. The number of carbonyl (C=O) groups excluding carboxylic acids is 1. The molecule has 1 amide bonds. The number of rotatable bonds is 9. The van der Waals surface area contributed by atoms with Crippen LogP contribution in [0.15, 0.2) is 77.3 Å². The van der Waals surface area contributed by atoms with Crippen molar-refractivity contribution in [3.05, 3.63) is 78.7 Å². The number of nitrogens with zero attached hydrogens (tertiary/aromatic N) is 3. The highest BCUT2D eigenvalue weighted by Crippen LogP contribution is 2.32. The maximum atomic E-state index is 13.2. The molecular weight excluding hydrogens is 484 g/mol. The van der Waals surface area contributed by atoms with E-state index in [9.17, 15) is 4.79 Å². The van der Waals surface area contributed by atoms with Crippen molar-refractivity contribution in [2.45, 2.75) is 19.4 Å². The molecule has 1 atom stereocenters. The van der Waals surface area contributed by atoms with Crippen LogP contribution in [0.2, 0.25) is 0 Å². The van der Waals surface area contributed by atoms with Crippen LogP contribution in [0, 0.1) is 5.92 Å². The third kappa shape index (κ3) is 5.95. The minimum Gasteiger partial charge on any atom is -0.493 e. The average molecular weight is 515 g/mol. The van der Waals surface area contributed by atoms with Crippen LogP contribution in [0.25, 0.3) is 11.4 Å². The molecule has 196 valence electrons. The van der Waals surface area contributed by atoms with Gasteiger partial charge in [-0.15, -0.1) is 0 Å². The van der Waals surface area contributed by atoms with E-state index in [1.54, 1.807) is 20.3 Å². The van der Waals surface area contributed by atoms with Crippen molar-refractivity contribution in [1.29, 1.82) is 0 Å². The molecule has 1 aliphatic heterocycles. The fraction of sp³-hybridized carbons (Fsp3) is 0.276. The first-order valence-electron chi connectivity index (χ1n) is 12.5. The maximum absolute atomic E-state index is 13.2. The van der Waals surface area contributed by atoms with Crippen LogP contribution in [0.4, 0.5) is 5.69 Å². The quantitative estimate of drug-likeness (QED) is 0.317. The molecule has 2 heterocycles. The SMILES string of the molecule is COc1ccc(-c2noc(CN3CCCC(C(=O)Nc4ccccc4Oc4ccccc4)C3)n2)cc1OC.